The van der Waals surface area contributed by atoms with Gasteiger partial charge in [-0.25, -0.2) is 5.43 Å². The predicted octanol–water partition coefficient (Wildman–Crippen LogP) is 5.79. The van der Waals surface area contributed by atoms with Gasteiger partial charge in [-0.05, 0) is 65.9 Å². The van der Waals surface area contributed by atoms with Crippen molar-refractivity contribution in [1.82, 2.24) is 5.43 Å². The Bertz CT molecular complexity index is 1170. The topological polar surface area (TPSA) is 79.8 Å². The van der Waals surface area contributed by atoms with Gasteiger partial charge in [-0.1, -0.05) is 61.3 Å². The van der Waals surface area contributed by atoms with Gasteiger partial charge in [-0.15, -0.1) is 0 Å². The number of hydrazone groups is 1. The minimum atomic E-state index is -0.844. The van der Waals surface area contributed by atoms with Crippen molar-refractivity contribution in [3.63, 3.8) is 0 Å². The van der Waals surface area contributed by atoms with E-state index in [9.17, 15) is 9.59 Å². The lowest BCUT2D eigenvalue weighted by Crippen LogP contribution is -2.33. The van der Waals surface area contributed by atoms with E-state index in [-0.39, 0.29) is 0 Å². The monoisotopic (exact) mass is 497 g/mol. The molecule has 0 radical (unpaired) electrons. The molecule has 34 heavy (non-hydrogen) atoms. The van der Waals surface area contributed by atoms with Crippen LogP contribution in [0.1, 0.15) is 36.1 Å². The van der Waals surface area contributed by atoms with E-state index in [2.05, 4.69) is 15.8 Å². The zero-order valence-electron chi connectivity index (χ0n) is 18.9. The lowest BCUT2D eigenvalue weighted by Gasteiger charge is -2.13. The molecule has 3 aromatic carbocycles. The minimum absolute atomic E-state index is 0.301. The van der Waals surface area contributed by atoms with E-state index in [1.165, 1.54) is 6.21 Å². The molecule has 0 unspecified atom stereocenters. The van der Waals surface area contributed by atoms with Gasteiger partial charge in [0.2, 0.25) is 0 Å². The number of ether oxygens (including phenoxy) is 1. The van der Waals surface area contributed by atoms with E-state index < -0.39 is 11.8 Å². The van der Waals surface area contributed by atoms with Crippen molar-refractivity contribution in [2.75, 3.05) is 5.32 Å². The van der Waals surface area contributed by atoms with Crippen LogP contribution in [0.2, 0.25) is 10.0 Å². The van der Waals surface area contributed by atoms with Crippen LogP contribution in [0.4, 0.5) is 5.69 Å². The third-order valence-corrected chi connectivity index (χ3v) is 5.70. The number of rotatable bonds is 8. The van der Waals surface area contributed by atoms with Gasteiger partial charge in [0, 0.05) is 21.3 Å². The molecule has 3 rings (SSSR count). The standard InChI is InChI=1S/C26H25Cl2N3O3/c1-3-18-6-5-7-19(4-2)24(18)30-25(32)26(33)31-29-15-17-8-12-22(13-9-17)34-16-20-10-11-21(27)14-23(20)28/h5-15H,3-4,16H2,1-2H3,(H,30,32)(H,31,33)/b29-15-. The van der Waals surface area contributed by atoms with Gasteiger partial charge < -0.3 is 10.1 Å². The van der Waals surface area contributed by atoms with Crippen LogP contribution in [0.3, 0.4) is 0 Å². The number of aryl methyl sites for hydroxylation is 2. The van der Waals surface area contributed by atoms with Gasteiger partial charge in [-0.2, -0.15) is 5.10 Å². The third kappa shape index (κ3) is 6.83. The van der Waals surface area contributed by atoms with Crippen LogP contribution >= 0.6 is 23.2 Å². The van der Waals surface area contributed by atoms with Crippen molar-refractivity contribution in [2.24, 2.45) is 5.10 Å². The Morgan fingerprint density at radius 2 is 1.59 bits per heavy atom. The SMILES string of the molecule is CCc1cccc(CC)c1NC(=O)C(=O)N/N=C\c1ccc(OCc2ccc(Cl)cc2Cl)cc1. The predicted molar refractivity (Wildman–Crippen MR) is 137 cm³/mol. The minimum Gasteiger partial charge on any atom is -0.489 e. The molecular formula is C26H25Cl2N3O3. The quantitative estimate of drug-likeness (QED) is 0.235. The van der Waals surface area contributed by atoms with Crippen LogP contribution in [0.25, 0.3) is 0 Å². The van der Waals surface area contributed by atoms with E-state index in [4.69, 9.17) is 27.9 Å². The number of halogens is 2. The number of carbonyl (C=O) groups excluding carboxylic acids is 2. The van der Waals surface area contributed by atoms with Crippen molar-refractivity contribution in [3.8, 4) is 5.75 Å². The Hall–Kier alpha value is -3.35. The zero-order valence-corrected chi connectivity index (χ0v) is 20.4. The van der Waals surface area contributed by atoms with Crippen LogP contribution in [0.15, 0.2) is 65.8 Å². The summed E-state index contributed by atoms with van der Waals surface area (Å²) in [5.41, 5.74) is 6.45. The number of para-hydroxylation sites is 1. The maximum atomic E-state index is 12.3. The summed E-state index contributed by atoms with van der Waals surface area (Å²) in [7, 11) is 0. The second-order valence-corrected chi connectivity index (χ2v) is 8.25. The van der Waals surface area contributed by atoms with E-state index in [0.717, 1.165) is 35.1 Å². The fourth-order valence-corrected chi connectivity index (χ4v) is 3.70. The first-order valence-corrected chi connectivity index (χ1v) is 11.6. The molecule has 2 N–H and O–H groups in total. The fourth-order valence-electron chi connectivity index (χ4n) is 3.24. The molecule has 0 spiro atoms. The average Bonchev–Trinajstić information content (AvgIpc) is 2.84. The maximum Gasteiger partial charge on any atom is 0.329 e. The highest BCUT2D eigenvalue weighted by Crippen LogP contribution is 2.23. The summed E-state index contributed by atoms with van der Waals surface area (Å²) in [6.45, 7) is 4.30. The van der Waals surface area contributed by atoms with Crippen LogP contribution < -0.4 is 15.5 Å². The summed E-state index contributed by atoms with van der Waals surface area (Å²) in [6, 6.07) is 18.1. The molecule has 0 saturated carbocycles. The fraction of sp³-hybridized carbons (Fsp3) is 0.192. The summed E-state index contributed by atoms with van der Waals surface area (Å²) in [6.07, 6.45) is 2.94. The Morgan fingerprint density at radius 3 is 2.21 bits per heavy atom. The summed E-state index contributed by atoms with van der Waals surface area (Å²) in [5, 5.41) is 7.70. The first-order valence-electron chi connectivity index (χ1n) is 10.8. The molecule has 0 aromatic heterocycles. The number of carbonyl (C=O) groups is 2. The summed E-state index contributed by atoms with van der Waals surface area (Å²) >= 11 is 12.1. The average molecular weight is 498 g/mol. The Kier molecular flexibility index (Phi) is 9.08. The number of amides is 2. The molecule has 0 aliphatic carbocycles. The van der Waals surface area contributed by atoms with Crippen molar-refractivity contribution in [3.05, 3.63) is 93.0 Å². The summed E-state index contributed by atoms with van der Waals surface area (Å²) in [4.78, 5) is 24.5. The largest absolute Gasteiger partial charge is 0.489 e. The van der Waals surface area contributed by atoms with Gasteiger partial charge in [-0.3, -0.25) is 9.59 Å². The van der Waals surface area contributed by atoms with E-state index >= 15 is 0 Å². The number of anilines is 1. The lowest BCUT2D eigenvalue weighted by molar-refractivity contribution is -0.136. The molecule has 0 aliphatic rings. The second-order valence-electron chi connectivity index (χ2n) is 7.41. The number of nitrogens with zero attached hydrogens (tertiary/aromatic N) is 1. The highest BCUT2D eigenvalue weighted by molar-refractivity contribution is 6.39. The van der Waals surface area contributed by atoms with Crippen molar-refractivity contribution < 1.29 is 14.3 Å². The highest BCUT2D eigenvalue weighted by Gasteiger charge is 2.16. The van der Waals surface area contributed by atoms with Crippen molar-refractivity contribution >= 4 is 46.9 Å². The number of hydrogen-bond acceptors (Lipinski definition) is 4. The Morgan fingerprint density at radius 1 is 0.912 bits per heavy atom. The maximum absolute atomic E-state index is 12.3. The molecule has 0 aliphatic heterocycles. The molecule has 0 atom stereocenters. The number of benzene rings is 3. The third-order valence-electron chi connectivity index (χ3n) is 5.11. The molecule has 0 saturated heterocycles. The molecule has 6 nitrogen and oxygen atoms in total. The van der Waals surface area contributed by atoms with Gasteiger partial charge in [0.1, 0.15) is 12.4 Å². The molecule has 0 heterocycles. The van der Waals surface area contributed by atoms with Crippen LogP contribution in [0, 0.1) is 0 Å². The normalized spacial score (nSPS) is 10.8. The Balaban J connectivity index is 1.53. The first-order chi connectivity index (χ1) is 16.4. The molecule has 8 heteroatoms. The van der Waals surface area contributed by atoms with E-state index in [1.807, 2.05) is 38.1 Å². The van der Waals surface area contributed by atoms with Crippen LogP contribution in [-0.2, 0) is 29.0 Å². The van der Waals surface area contributed by atoms with Crippen molar-refractivity contribution in [1.29, 1.82) is 0 Å². The smallest absolute Gasteiger partial charge is 0.329 e. The molecule has 176 valence electrons. The van der Waals surface area contributed by atoms with Gasteiger partial charge in [0.25, 0.3) is 0 Å². The first kappa shape index (κ1) is 25.3. The second kappa shape index (κ2) is 12.2. The molecule has 0 bridgehead atoms. The highest BCUT2D eigenvalue weighted by atomic mass is 35.5. The van der Waals surface area contributed by atoms with Crippen LogP contribution in [0.5, 0.6) is 5.75 Å². The van der Waals surface area contributed by atoms with Gasteiger partial charge in [0.05, 0.1) is 6.21 Å². The summed E-state index contributed by atoms with van der Waals surface area (Å²) < 4.78 is 5.74. The Labute approximate surface area is 208 Å². The lowest BCUT2D eigenvalue weighted by atomic mass is 10.0. The molecular weight excluding hydrogens is 473 g/mol. The van der Waals surface area contributed by atoms with Gasteiger partial charge in [0.15, 0.2) is 0 Å². The molecule has 0 fully saturated rings. The number of nitrogens with one attached hydrogen (secondary N) is 2. The van der Waals surface area contributed by atoms with E-state index in [1.54, 1.807) is 36.4 Å². The van der Waals surface area contributed by atoms with Crippen molar-refractivity contribution in [2.45, 2.75) is 33.3 Å². The summed E-state index contributed by atoms with van der Waals surface area (Å²) in [5.74, 6) is -0.964. The van der Waals surface area contributed by atoms with Gasteiger partial charge >= 0.3 is 11.8 Å². The molecule has 2 amide bonds. The van der Waals surface area contributed by atoms with E-state index in [0.29, 0.717) is 28.1 Å². The molecule has 3 aromatic rings. The number of hydrogen-bond donors (Lipinski definition) is 2. The van der Waals surface area contributed by atoms with Crippen LogP contribution in [-0.4, -0.2) is 18.0 Å². The zero-order chi connectivity index (χ0) is 24.5.